The van der Waals surface area contributed by atoms with Gasteiger partial charge in [0.2, 0.25) is 0 Å². The molecule has 1 aliphatic carbocycles. The predicted octanol–water partition coefficient (Wildman–Crippen LogP) is -0.358. The molecule has 0 spiro atoms. The number of aromatic nitrogens is 3. The first-order valence-electron chi connectivity index (χ1n) is 4.98. The third kappa shape index (κ3) is 1.72. The lowest BCUT2D eigenvalue weighted by molar-refractivity contribution is 0.0822. The summed E-state index contributed by atoms with van der Waals surface area (Å²) in [6, 6.07) is 0.357. The topological polar surface area (TPSA) is 77.0 Å². The Balaban J connectivity index is 2.13. The van der Waals surface area contributed by atoms with Crippen molar-refractivity contribution in [1.82, 2.24) is 19.9 Å². The van der Waals surface area contributed by atoms with E-state index in [2.05, 4.69) is 10.3 Å². The number of amides is 1. The standard InChI is InChI=1S/C9H15N5O/c1-13(2)9(15)7-5-14(12-11-7)8-4-3-6(8)10/h5-6,8H,3-4,10H2,1-2H3. The molecule has 0 saturated heterocycles. The first-order chi connectivity index (χ1) is 7.09. The van der Waals surface area contributed by atoms with E-state index in [1.807, 2.05) is 0 Å². The van der Waals surface area contributed by atoms with E-state index in [-0.39, 0.29) is 18.0 Å². The van der Waals surface area contributed by atoms with E-state index in [0.29, 0.717) is 5.69 Å². The third-order valence-electron chi connectivity index (χ3n) is 2.77. The molecule has 1 amide bonds. The van der Waals surface area contributed by atoms with Crippen LogP contribution in [0.1, 0.15) is 29.4 Å². The maximum Gasteiger partial charge on any atom is 0.275 e. The quantitative estimate of drug-likeness (QED) is 0.721. The van der Waals surface area contributed by atoms with Gasteiger partial charge in [0.25, 0.3) is 5.91 Å². The number of rotatable bonds is 2. The molecule has 6 nitrogen and oxygen atoms in total. The second kappa shape index (κ2) is 3.62. The smallest absolute Gasteiger partial charge is 0.275 e. The molecule has 1 heterocycles. The highest BCUT2D eigenvalue weighted by Gasteiger charge is 2.30. The van der Waals surface area contributed by atoms with Crippen molar-refractivity contribution in [3.8, 4) is 0 Å². The van der Waals surface area contributed by atoms with Gasteiger partial charge < -0.3 is 10.6 Å². The average Bonchev–Trinajstić information content (AvgIpc) is 2.63. The summed E-state index contributed by atoms with van der Waals surface area (Å²) in [5.41, 5.74) is 6.19. The van der Waals surface area contributed by atoms with Crippen LogP contribution < -0.4 is 5.73 Å². The van der Waals surface area contributed by atoms with Crippen LogP contribution >= 0.6 is 0 Å². The van der Waals surface area contributed by atoms with E-state index < -0.39 is 0 Å². The van der Waals surface area contributed by atoms with E-state index in [1.165, 1.54) is 4.90 Å². The number of nitrogens with two attached hydrogens (primary N) is 1. The molecule has 15 heavy (non-hydrogen) atoms. The van der Waals surface area contributed by atoms with Crippen LogP contribution in [0, 0.1) is 0 Å². The third-order valence-corrected chi connectivity index (χ3v) is 2.77. The Morgan fingerprint density at radius 2 is 2.33 bits per heavy atom. The normalized spacial score (nSPS) is 24.7. The van der Waals surface area contributed by atoms with Crippen molar-refractivity contribution < 1.29 is 4.79 Å². The maximum atomic E-state index is 11.5. The van der Waals surface area contributed by atoms with Crippen LogP contribution in [-0.2, 0) is 0 Å². The number of carbonyl (C=O) groups is 1. The van der Waals surface area contributed by atoms with Crippen LogP contribution in [0.4, 0.5) is 0 Å². The van der Waals surface area contributed by atoms with Gasteiger partial charge in [-0.25, -0.2) is 4.68 Å². The SMILES string of the molecule is CN(C)C(=O)c1cn(C2CCC2N)nn1. The molecule has 0 aliphatic heterocycles. The molecule has 0 aromatic carbocycles. The van der Waals surface area contributed by atoms with Gasteiger partial charge in [0.05, 0.1) is 12.2 Å². The predicted molar refractivity (Wildman–Crippen MR) is 54.3 cm³/mol. The summed E-state index contributed by atoms with van der Waals surface area (Å²) in [7, 11) is 3.38. The Morgan fingerprint density at radius 3 is 2.80 bits per heavy atom. The first kappa shape index (κ1) is 10.1. The molecule has 2 rings (SSSR count). The molecular formula is C9H15N5O. The summed E-state index contributed by atoms with van der Waals surface area (Å²) >= 11 is 0. The lowest BCUT2D eigenvalue weighted by atomic mass is 9.87. The molecule has 2 unspecified atom stereocenters. The summed E-state index contributed by atoms with van der Waals surface area (Å²) in [6.07, 6.45) is 3.70. The lowest BCUT2D eigenvalue weighted by Crippen LogP contribution is -2.41. The van der Waals surface area contributed by atoms with E-state index in [4.69, 9.17) is 5.73 Å². The number of nitrogens with zero attached hydrogens (tertiary/aromatic N) is 4. The summed E-state index contributed by atoms with van der Waals surface area (Å²) in [4.78, 5) is 13.0. The number of hydrogen-bond donors (Lipinski definition) is 1. The molecular weight excluding hydrogens is 194 g/mol. The number of carbonyl (C=O) groups excluding carboxylic acids is 1. The van der Waals surface area contributed by atoms with E-state index in [9.17, 15) is 4.79 Å². The monoisotopic (exact) mass is 209 g/mol. The van der Waals surface area contributed by atoms with Crippen LogP contribution in [0.2, 0.25) is 0 Å². The Bertz CT molecular complexity index is 372. The van der Waals surface area contributed by atoms with Crippen LogP contribution in [0.15, 0.2) is 6.20 Å². The molecule has 6 heteroatoms. The molecule has 0 radical (unpaired) electrons. The van der Waals surface area contributed by atoms with Gasteiger partial charge in [-0.1, -0.05) is 5.21 Å². The van der Waals surface area contributed by atoms with Crippen molar-refractivity contribution in [3.05, 3.63) is 11.9 Å². The molecule has 2 N–H and O–H groups in total. The highest BCUT2D eigenvalue weighted by Crippen LogP contribution is 2.29. The van der Waals surface area contributed by atoms with Gasteiger partial charge in [-0.15, -0.1) is 5.10 Å². The second-order valence-corrected chi connectivity index (χ2v) is 4.09. The maximum absolute atomic E-state index is 11.5. The van der Waals surface area contributed by atoms with Crippen LogP contribution in [0.25, 0.3) is 0 Å². The highest BCUT2D eigenvalue weighted by atomic mass is 16.2. The zero-order valence-corrected chi connectivity index (χ0v) is 8.92. The number of hydrogen-bond acceptors (Lipinski definition) is 4. The lowest BCUT2D eigenvalue weighted by Gasteiger charge is -2.32. The Hall–Kier alpha value is -1.43. The van der Waals surface area contributed by atoms with Crippen molar-refractivity contribution in [2.75, 3.05) is 14.1 Å². The zero-order chi connectivity index (χ0) is 11.0. The van der Waals surface area contributed by atoms with Gasteiger partial charge in [-0.2, -0.15) is 0 Å². The molecule has 1 fully saturated rings. The molecule has 1 aromatic heterocycles. The summed E-state index contributed by atoms with van der Waals surface area (Å²) in [6.45, 7) is 0. The fourth-order valence-corrected chi connectivity index (χ4v) is 1.60. The average molecular weight is 209 g/mol. The second-order valence-electron chi connectivity index (χ2n) is 4.09. The van der Waals surface area contributed by atoms with Crippen molar-refractivity contribution >= 4 is 5.91 Å². The van der Waals surface area contributed by atoms with Crippen molar-refractivity contribution in [2.45, 2.75) is 24.9 Å². The van der Waals surface area contributed by atoms with Gasteiger partial charge in [0, 0.05) is 20.1 Å². The Morgan fingerprint density at radius 1 is 1.60 bits per heavy atom. The first-order valence-corrected chi connectivity index (χ1v) is 4.98. The molecule has 1 aliphatic rings. The van der Waals surface area contributed by atoms with E-state index in [1.54, 1.807) is 25.0 Å². The molecule has 0 bridgehead atoms. The molecule has 1 aromatic rings. The Kier molecular flexibility index (Phi) is 2.44. The van der Waals surface area contributed by atoms with Crippen LogP contribution in [0.3, 0.4) is 0 Å². The van der Waals surface area contributed by atoms with E-state index in [0.717, 1.165) is 12.8 Å². The molecule has 82 valence electrons. The van der Waals surface area contributed by atoms with Crippen molar-refractivity contribution in [3.63, 3.8) is 0 Å². The minimum absolute atomic E-state index is 0.130. The fraction of sp³-hybridized carbons (Fsp3) is 0.667. The summed E-state index contributed by atoms with van der Waals surface area (Å²) in [5.74, 6) is -0.130. The van der Waals surface area contributed by atoms with Crippen LogP contribution in [0.5, 0.6) is 0 Å². The van der Waals surface area contributed by atoms with Gasteiger partial charge in [0.15, 0.2) is 5.69 Å². The summed E-state index contributed by atoms with van der Waals surface area (Å²) in [5, 5.41) is 7.77. The van der Waals surface area contributed by atoms with Gasteiger partial charge in [-0.05, 0) is 12.8 Å². The fourth-order valence-electron chi connectivity index (χ4n) is 1.60. The van der Waals surface area contributed by atoms with Gasteiger partial charge >= 0.3 is 0 Å². The van der Waals surface area contributed by atoms with Crippen LogP contribution in [-0.4, -0.2) is 45.9 Å². The Labute approximate surface area is 88.0 Å². The highest BCUT2D eigenvalue weighted by molar-refractivity contribution is 5.91. The largest absolute Gasteiger partial charge is 0.343 e. The zero-order valence-electron chi connectivity index (χ0n) is 8.92. The minimum Gasteiger partial charge on any atom is -0.343 e. The molecule has 2 atom stereocenters. The van der Waals surface area contributed by atoms with Gasteiger partial charge in [-0.3, -0.25) is 4.79 Å². The molecule has 1 saturated carbocycles. The summed E-state index contributed by atoms with van der Waals surface area (Å²) < 4.78 is 1.70. The van der Waals surface area contributed by atoms with Gasteiger partial charge in [0.1, 0.15) is 0 Å². The van der Waals surface area contributed by atoms with E-state index >= 15 is 0 Å². The van der Waals surface area contributed by atoms with Crippen molar-refractivity contribution in [1.29, 1.82) is 0 Å². The minimum atomic E-state index is -0.130. The van der Waals surface area contributed by atoms with Crippen molar-refractivity contribution in [2.24, 2.45) is 5.73 Å².